The number of halogens is 3. The Morgan fingerprint density at radius 2 is 2.00 bits per heavy atom. The first kappa shape index (κ1) is 15.2. The Bertz CT molecular complexity index is 659. The highest BCUT2D eigenvalue weighted by Gasteiger charge is 2.21. The maximum absolute atomic E-state index is 6.30. The molecule has 0 heterocycles. The Labute approximate surface area is 142 Å². The molecule has 1 N–H and O–H groups in total. The van der Waals surface area contributed by atoms with Crippen LogP contribution in [0.15, 0.2) is 40.9 Å². The molecule has 0 radical (unpaired) electrons. The van der Waals surface area contributed by atoms with Crippen molar-refractivity contribution in [2.24, 2.45) is 0 Å². The Balaban J connectivity index is 1.85. The van der Waals surface area contributed by atoms with Gasteiger partial charge in [0.15, 0.2) is 5.75 Å². The molecule has 110 valence electrons. The highest BCUT2D eigenvalue weighted by atomic mass is 79.9. The summed E-state index contributed by atoms with van der Waals surface area (Å²) in [4.78, 5) is 0. The van der Waals surface area contributed by atoms with Gasteiger partial charge in [0.05, 0.1) is 9.50 Å². The van der Waals surface area contributed by atoms with Crippen molar-refractivity contribution in [3.8, 4) is 11.5 Å². The number of rotatable bonds is 5. The van der Waals surface area contributed by atoms with Gasteiger partial charge in [0.25, 0.3) is 0 Å². The van der Waals surface area contributed by atoms with Gasteiger partial charge >= 0.3 is 0 Å². The average Bonchev–Trinajstić information content (AvgIpc) is 3.26. The zero-order chi connectivity index (χ0) is 14.8. The van der Waals surface area contributed by atoms with Crippen LogP contribution in [0.25, 0.3) is 0 Å². The van der Waals surface area contributed by atoms with Gasteiger partial charge in [0.1, 0.15) is 5.75 Å². The number of para-hydroxylation sites is 1. The van der Waals surface area contributed by atoms with E-state index in [0.29, 0.717) is 27.6 Å². The van der Waals surface area contributed by atoms with Gasteiger partial charge in [0, 0.05) is 23.2 Å². The van der Waals surface area contributed by atoms with Gasteiger partial charge in [-0.3, -0.25) is 0 Å². The summed E-state index contributed by atoms with van der Waals surface area (Å²) in [6.45, 7) is 0.756. The van der Waals surface area contributed by atoms with Crippen molar-refractivity contribution in [1.29, 1.82) is 0 Å². The van der Waals surface area contributed by atoms with E-state index in [2.05, 4.69) is 21.2 Å². The summed E-state index contributed by atoms with van der Waals surface area (Å²) in [5.41, 5.74) is 1.05. The molecule has 21 heavy (non-hydrogen) atoms. The molecule has 2 aromatic carbocycles. The lowest BCUT2D eigenvalue weighted by Gasteiger charge is -2.14. The second kappa shape index (κ2) is 6.57. The highest BCUT2D eigenvalue weighted by Crippen LogP contribution is 2.37. The van der Waals surface area contributed by atoms with Crippen molar-refractivity contribution < 1.29 is 4.74 Å². The zero-order valence-electron chi connectivity index (χ0n) is 11.2. The normalized spacial score (nSPS) is 14.2. The quantitative estimate of drug-likeness (QED) is 0.700. The van der Waals surface area contributed by atoms with E-state index in [1.807, 2.05) is 24.3 Å². The van der Waals surface area contributed by atoms with Crippen molar-refractivity contribution in [3.05, 3.63) is 56.5 Å². The molecule has 5 heteroatoms. The molecule has 1 aliphatic carbocycles. The summed E-state index contributed by atoms with van der Waals surface area (Å²) in [5, 5.41) is 4.74. The largest absolute Gasteiger partial charge is 0.454 e. The first-order valence-electron chi connectivity index (χ1n) is 6.77. The van der Waals surface area contributed by atoms with Crippen LogP contribution in [0, 0.1) is 0 Å². The average molecular weight is 387 g/mol. The van der Waals surface area contributed by atoms with Gasteiger partial charge in [-0.15, -0.1) is 0 Å². The number of nitrogens with one attached hydrogen (secondary N) is 1. The monoisotopic (exact) mass is 385 g/mol. The number of hydrogen-bond acceptors (Lipinski definition) is 2. The fourth-order valence-electron chi connectivity index (χ4n) is 2.02. The number of benzene rings is 2. The van der Waals surface area contributed by atoms with Crippen LogP contribution in [0.4, 0.5) is 0 Å². The van der Waals surface area contributed by atoms with E-state index in [-0.39, 0.29) is 0 Å². The molecule has 0 bridgehead atoms. The van der Waals surface area contributed by atoms with Crippen LogP contribution < -0.4 is 10.1 Å². The molecular formula is C16H14BrCl2NO. The predicted molar refractivity (Wildman–Crippen MR) is 90.5 cm³/mol. The molecule has 0 atom stereocenters. The third kappa shape index (κ3) is 3.92. The third-order valence-corrected chi connectivity index (χ3v) is 4.47. The van der Waals surface area contributed by atoms with Gasteiger partial charge in [0.2, 0.25) is 0 Å². The van der Waals surface area contributed by atoms with E-state index < -0.39 is 0 Å². The minimum atomic E-state index is 0.604. The standard InChI is InChI=1S/C16H14BrCl2NO/c17-13-8-11(18)4-7-15(13)21-16-10(2-1-3-14(16)19)9-20-12-5-6-12/h1-4,7-8,12,20H,5-6,9H2. The van der Waals surface area contributed by atoms with Gasteiger partial charge in [-0.25, -0.2) is 0 Å². The summed E-state index contributed by atoms with van der Waals surface area (Å²) in [6.07, 6.45) is 2.50. The minimum absolute atomic E-state index is 0.604. The molecule has 0 aliphatic heterocycles. The van der Waals surface area contributed by atoms with E-state index >= 15 is 0 Å². The second-order valence-corrected chi connectivity index (χ2v) is 6.76. The van der Waals surface area contributed by atoms with E-state index in [1.165, 1.54) is 12.8 Å². The van der Waals surface area contributed by atoms with Crippen LogP contribution in [0.5, 0.6) is 11.5 Å². The molecule has 2 nitrogen and oxygen atoms in total. The van der Waals surface area contributed by atoms with Gasteiger partial charge in [-0.1, -0.05) is 35.3 Å². The van der Waals surface area contributed by atoms with E-state index in [0.717, 1.165) is 16.6 Å². The fraction of sp³-hybridized carbons (Fsp3) is 0.250. The topological polar surface area (TPSA) is 21.3 Å². The second-order valence-electron chi connectivity index (χ2n) is 5.06. The van der Waals surface area contributed by atoms with Crippen molar-refractivity contribution in [3.63, 3.8) is 0 Å². The summed E-state index contributed by atoms with van der Waals surface area (Å²) >= 11 is 15.7. The first-order chi connectivity index (χ1) is 10.1. The Morgan fingerprint density at radius 1 is 1.19 bits per heavy atom. The Kier molecular flexibility index (Phi) is 4.75. The zero-order valence-corrected chi connectivity index (χ0v) is 14.3. The molecule has 2 aromatic rings. The lowest BCUT2D eigenvalue weighted by molar-refractivity contribution is 0.470. The Hall–Kier alpha value is -0.740. The molecule has 1 aliphatic rings. The van der Waals surface area contributed by atoms with Gasteiger partial charge < -0.3 is 10.1 Å². The molecule has 0 aromatic heterocycles. The molecule has 3 rings (SSSR count). The van der Waals surface area contributed by atoms with Crippen LogP contribution in [0.3, 0.4) is 0 Å². The lowest BCUT2D eigenvalue weighted by Crippen LogP contribution is -2.15. The van der Waals surface area contributed by atoms with Crippen LogP contribution in [0.1, 0.15) is 18.4 Å². The summed E-state index contributed by atoms with van der Waals surface area (Å²) < 4.78 is 6.80. The van der Waals surface area contributed by atoms with E-state index in [1.54, 1.807) is 12.1 Å². The number of hydrogen-bond donors (Lipinski definition) is 1. The summed E-state index contributed by atoms with van der Waals surface area (Å²) in [6, 6.07) is 11.9. The molecule has 1 fully saturated rings. The summed E-state index contributed by atoms with van der Waals surface area (Å²) in [5.74, 6) is 1.38. The molecule has 0 amide bonds. The van der Waals surface area contributed by atoms with E-state index in [4.69, 9.17) is 27.9 Å². The highest BCUT2D eigenvalue weighted by molar-refractivity contribution is 9.10. The number of ether oxygens (including phenoxy) is 1. The minimum Gasteiger partial charge on any atom is -0.454 e. The molecule has 0 spiro atoms. The van der Waals surface area contributed by atoms with Crippen LogP contribution >= 0.6 is 39.1 Å². The van der Waals surface area contributed by atoms with Crippen molar-refractivity contribution >= 4 is 39.1 Å². The van der Waals surface area contributed by atoms with Crippen LogP contribution in [-0.2, 0) is 6.54 Å². The van der Waals surface area contributed by atoms with E-state index in [9.17, 15) is 0 Å². The molecule has 1 saturated carbocycles. The maximum atomic E-state index is 6.30. The SMILES string of the molecule is Clc1ccc(Oc2c(Cl)cccc2CNC2CC2)c(Br)c1. The molecular weight excluding hydrogens is 373 g/mol. The van der Waals surface area contributed by atoms with Gasteiger partial charge in [-0.05, 0) is 53.0 Å². The molecule has 0 saturated heterocycles. The lowest BCUT2D eigenvalue weighted by atomic mass is 10.2. The predicted octanol–water partition coefficient (Wildman–Crippen LogP) is 5.80. The molecule has 0 unspecified atom stereocenters. The third-order valence-electron chi connectivity index (χ3n) is 3.31. The van der Waals surface area contributed by atoms with Crippen LogP contribution in [-0.4, -0.2) is 6.04 Å². The van der Waals surface area contributed by atoms with Crippen LogP contribution in [0.2, 0.25) is 10.0 Å². The first-order valence-corrected chi connectivity index (χ1v) is 8.32. The van der Waals surface area contributed by atoms with Crippen molar-refractivity contribution in [1.82, 2.24) is 5.32 Å². The Morgan fingerprint density at radius 3 is 2.71 bits per heavy atom. The fourth-order valence-corrected chi connectivity index (χ4v) is 3.01. The van der Waals surface area contributed by atoms with Gasteiger partial charge in [-0.2, -0.15) is 0 Å². The van der Waals surface area contributed by atoms with Crippen molar-refractivity contribution in [2.75, 3.05) is 0 Å². The maximum Gasteiger partial charge on any atom is 0.150 e. The van der Waals surface area contributed by atoms with Crippen molar-refractivity contribution in [2.45, 2.75) is 25.4 Å². The smallest absolute Gasteiger partial charge is 0.150 e. The summed E-state index contributed by atoms with van der Waals surface area (Å²) in [7, 11) is 0.